The largest absolute Gasteiger partial charge is 0.507 e. The van der Waals surface area contributed by atoms with E-state index in [2.05, 4.69) is 15.0 Å². The van der Waals surface area contributed by atoms with Crippen molar-refractivity contribution in [3.05, 3.63) is 40.4 Å². The molecule has 2 aromatic heterocycles. The quantitative estimate of drug-likeness (QED) is 0.632. The summed E-state index contributed by atoms with van der Waals surface area (Å²) in [5.74, 6) is -0.713. The molecule has 0 bridgehead atoms. The van der Waals surface area contributed by atoms with Gasteiger partial charge in [-0.25, -0.2) is 14.8 Å². The molecule has 1 aliphatic heterocycles. The number of hydrogen-bond donors (Lipinski definition) is 3. The normalized spacial score (nSPS) is 17.0. The Morgan fingerprint density at radius 1 is 1.38 bits per heavy atom. The zero-order valence-corrected chi connectivity index (χ0v) is 13.8. The van der Waals surface area contributed by atoms with E-state index in [4.69, 9.17) is 10.5 Å². The van der Waals surface area contributed by atoms with E-state index in [-0.39, 0.29) is 34.5 Å². The number of para-hydroxylation sites is 1. The van der Waals surface area contributed by atoms with Crippen LogP contribution in [0.4, 0.5) is 0 Å². The van der Waals surface area contributed by atoms with Gasteiger partial charge >= 0.3 is 5.69 Å². The minimum atomic E-state index is -0.792. The van der Waals surface area contributed by atoms with E-state index in [1.807, 2.05) is 0 Å². The molecular weight excluding hydrogens is 338 g/mol. The van der Waals surface area contributed by atoms with Gasteiger partial charge in [0.1, 0.15) is 11.3 Å². The summed E-state index contributed by atoms with van der Waals surface area (Å²) in [6.07, 6.45) is 1.69. The highest BCUT2D eigenvalue weighted by atomic mass is 16.5. The van der Waals surface area contributed by atoms with Gasteiger partial charge in [0.05, 0.1) is 18.2 Å². The van der Waals surface area contributed by atoms with Gasteiger partial charge in [0.25, 0.3) is 5.91 Å². The maximum absolute atomic E-state index is 12.4. The lowest BCUT2D eigenvalue weighted by Gasteiger charge is -2.11. The summed E-state index contributed by atoms with van der Waals surface area (Å²) in [7, 11) is 0. The fourth-order valence-electron chi connectivity index (χ4n) is 3.15. The second-order valence-electron chi connectivity index (χ2n) is 6.15. The fourth-order valence-corrected chi connectivity index (χ4v) is 3.15. The summed E-state index contributed by atoms with van der Waals surface area (Å²) in [6, 6.07) is 6.49. The molecule has 3 heterocycles. The molecule has 134 valence electrons. The Hall–Kier alpha value is -3.20. The number of aromatic hydroxyl groups is 1. The molecular formula is C17H17N5O4. The van der Waals surface area contributed by atoms with Crippen molar-refractivity contribution in [2.24, 2.45) is 5.73 Å². The third-order valence-corrected chi connectivity index (χ3v) is 4.41. The number of carbonyl (C=O) groups is 1. The van der Waals surface area contributed by atoms with Crippen molar-refractivity contribution in [2.45, 2.75) is 25.5 Å². The molecule has 1 amide bonds. The summed E-state index contributed by atoms with van der Waals surface area (Å²) >= 11 is 0. The molecule has 3 aromatic rings. The Morgan fingerprint density at radius 2 is 2.19 bits per heavy atom. The van der Waals surface area contributed by atoms with E-state index in [0.717, 1.165) is 12.8 Å². The summed E-state index contributed by atoms with van der Waals surface area (Å²) < 4.78 is 7.01. The molecule has 9 nitrogen and oxygen atoms in total. The molecule has 1 aromatic carbocycles. The second kappa shape index (κ2) is 6.26. The van der Waals surface area contributed by atoms with E-state index in [1.54, 1.807) is 18.2 Å². The molecule has 1 fully saturated rings. The lowest BCUT2D eigenvalue weighted by molar-refractivity contribution is 0.0970. The summed E-state index contributed by atoms with van der Waals surface area (Å²) in [6.45, 7) is 0.973. The number of nitrogens with one attached hydrogen (secondary N) is 1. The number of fused-ring (bicyclic) bond motifs is 1. The minimum Gasteiger partial charge on any atom is -0.507 e. The van der Waals surface area contributed by atoms with E-state index >= 15 is 0 Å². The van der Waals surface area contributed by atoms with Crippen LogP contribution in [0.2, 0.25) is 0 Å². The first-order valence-electron chi connectivity index (χ1n) is 8.25. The Morgan fingerprint density at radius 3 is 2.88 bits per heavy atom. The number of amides is 1. The van der Waals surface area contributed by atoms with Crippen LogP contribution in [0, 0.1) is 0 Å². The third kappa shape index (κ3) is 2.72. The van der Waals surface area contributed by atoms with E-state index in [9.17, 15) is 14.7 Å². The maximum atomic E-state index is 12.4. The average molecular weight is 355 g/mol. The zero-order valence-electron chi connectivity index (χ0n) is 13.8. The maximum Gasteiger partial charge on any atom is 0.327 e. The first-order chi connectivity index (χ1) is 12.5. The predicted molar refractivity (Wildman–Crippen MR) is 92.7 cm³/mol. The Balaban J connectivity index is 1.93. The number of nitrogens with zero attached hydrogens (tertiary/aromatic N) is 3. The highest BCUT2D eigenvalue weighted by molar-refractivity contribution is 6.02. The Bertz CT molecular complexity index is 1050. The molecule has 0 aliphatic carbocycles. The number of imidazole rings is 1. The average Bonchev–Trinajstić information content (AvgIpc) is 3.23. The van der Waals surface area contributed by atoms with Crippen LogP contribution in [0.3, 0.4) is 0 Å². The molecule has 0 radical (unpaired) electrons. The second-order valence-corrected chi connectivity index (χ2v) is 6.15. The minimum absolute atomic E-state index is 0.0363. The lowest BCUT2D eigenvalue weighted by Crippen LogP contribution is -2.24. The molecule has 1 aliphatic rings. The molecule has 1 saturated heterocycles. The van der Waals surface area contributed by atoms with Gasteiger partial charge < -0.3 is 20.6 Å². The predicted octanol–water partition coefficient (Wildman–Crippen LogP) is 0.770. The van der Waals surface area contributed by atoms with Crippen molar-refractivity contribution in [3.8, 4) is 17.1 Å². The van der Waals surface area contributed by atoms with E-state index < -0.39 is 11.6 Å². The number of hydrogen-bond acceptors (Lipinski definition) is 6. The van der Waals surface area contributed by atoms with Crippen LogP contribution in [0.15, 0.2) is 29.1 Å². The number of H-pyrrole nitrogens is 1. The summed E-state index contributed by atoms with van der Waals surface area (Å²) in [4.78, 5) is 35.4. The van der Waals surface area contributed by atoms with Gasteiger partial charge in [0, 0.05) is 6.61 Å². The first kappa shape index (κ1) is 16.3. The Labute approximate surface area is 147 Å². The number of carbonyl (C=O) groups excluding carboxylic acids is 1. The van der Waals surface area contributed by atoms with Crippen LogP contribution < -0.4 is 11.4 Å². The molecule has 1 unspecified atom stereocenters. The van der Waals surface area contributed by atoms with Crippen molar-refractivity contribution < 1.29 is 14.6 Å². The van der Waals surface area contributed by atoms with Crippen LogP contribution in [-0.2, 0) is 11.3 Å². The van der Waals surface area contributed by atoms with Gasteiger partial charge in [0.15, 0.2) is 17.2 Å². The molecule has 26 heavy (non-hydrogen) atoms. The van der Waals surface area contributed by atoms with Gasteiger partial charge in [-0.3, -0.25) is 9.36 Å². The number of nitrogens with two attached hydrogens (primary N) is 1. The highest BCUT2D eigenvalue weighted by Crippen LogP contribution is 2.27. The van der Waals surface area contributed by atoms with E-state index in [1.165, 1.54) is 10.6 Å². The van der Waals surface area contributed by atoms with Crippen LogP contribution >= 0.6 is 0 Å². The molecule has 9 heteroatoms. The first-order valence-corrected chi connectivity index (χ1v) is 8.25. The molecule has 0 spiro atoms. The van der Waals surface area contributed by atoms with Crippen molar-refractivity contribution in [2.75, 3.05) is 6.61 Å². The molecule has 4 rings (SSSR count). The fraction of sp³-hybridized carbons (Fsp3) is 0.294. The van der Waals surface area contributed by atoms with Crippen molar-refractivity contribution in [1.82, 2.24) is 19.5 Å². The van der Waals surface area contributed by atoms with Gasteiger partial charge in [0.2, 0.25) is 0 Å². The van der Waals surface area contributed by atoms with Crippen LogP contribution in [0.1, 0.15) is 23.3 Å². The molecule has 1 atom stereocenters. The summed E-state index contributed by atoms with van der Waals surface area (Å²) in [5, 5.41) is 10.1. The smallest absolute Gasteiger partial charge is 0.327 e. The van der Waals surface area contributed by atoms with Gasteiger partial charge in [-0.05, 0) is 25.0 Å². The number of phenols is 1. The number of rotatable bonds is 4. The molecule has 0 saturated carbocycles. The Kier molecular flexibility index (Phi) is 3.92. The third-order valence-electron chi connectivity index (χ3n) is 4.41. The van der Waals surface area contributed by atoms with Crippen molar-refractivity contribution in [1.29, 1.82) is 0 Å². The number of aromatic nitrogens is 4. The van der Waals surface area contributed by atoms with Gasteiger partial charge in [-0.2, -0.15) is 0 Å². The number of phenolic OH excluding ortho intramolecular Hbond substituents is 1. The van der Waals surface area contributed by atoms with Crippen molar-refractivity contribution >= 4 is 17.1 Å². The molecule has 4 N–H and O–H groups in total. The van der Waals surface area contributed by atoms with E-state index in [0.29, 0.717) is 18.7 Å². The SMILES string of the molecule is NC(=O)c1nc(-c2ccccc2O)nc2c1[nH]c(=O)n2CC1CCCO1. The number of benzene rings is 1. The monoisotopic (exact) mass is 355 g/mol. The van der Waals surface area contributed by atoms with Crippen LogP contribution in [0.25, 0.3) is 22.6 Å². The van der Waals surface area contributed by atoms with Crippen LogP contribution in [0.5, 0.6) is 5.75 Å². The number of primary amides is 1. The highest BCUT2D eigenvalue weighted by Gasteiger charge is 2.23. The van der Waals surface area contributed by atoms with Gasteiger partial charge in [-0.15, -0.1) is 0 Å². The standard InChI is InChI=1S/C17H17N5O4/c18-14(24)12-13-16(21-15(19-12)10-5-1-2-6-11(10)23)22(17(25)20-13)8-9-4-3-7-26-9/h1-2,5-6,9,23H,3-4,7-8H2,(H2,18,24)(H,20,25). The zero-order chi connectivity index (χ0) is 18.3. The van der Waals surface area contributed by atoms with Crippen LogP contribution in [-0.4, -0.2) is 43.2 Å². The number of ether oxygens (including phenoxy) is 1. The summed E-state index contributed by atoms with van der Waals surface area (Å²) in [5.41, 5.74) is 5.70. The number of aromatic amines is 1. The lowest BCUT2D eigenvalue weighted by atomic mass is 10.2. The van der Waals surface area contributed by atoms with Crippen molar-refractivity contribution in [3.63, 3.8) is 0 Å². The topological polar surface area (TPSA) is 136 Å². The van der Waals surface area contributed by atoms with Gasteiger partial charge in [-0.1, -0.05) is 12.1 Å².